The molecule has 0 saturated heterocycles. The highest BCUT2D eigenvalue weighted by Crippen LogP contribution is 2.33. The predicted octanol–water partition coefficient (Wildman–Crippen LogP) is 4.39. The van der Waals surface area contributed by atoms with E-state index in [0.717, 1.165) is 22.6 Å². The molecule has 3 aromatic carbocycles. The summed E-state index contributed by atoms with van der Waals surface area (Å²) >= 11 is 0. The van der Waals surface area contributed by atoms with Crippen molar-refractivity contribution in [3.63, 3.8) is 0 Å². The van der Waals surface area contributed by atoms with Gasteiger partial charge in [-0.1, -0.05) is 49.0 Å². The molecule has 3 aromatic rings. The standard InChI is InChI=1S/C21H18O4/c1-2-21(22)25-20-13-12-19(17-10-6-7-11-18(17)20)24-15-14-23-16-8-4-3-5-9-16/h2-13H,1,14-15H2. The maximum Gasteiger partial charge on any atom is 0.335 e. The first-order valence-electron chi connectivity index (χ1n) is 7.94. The van der Waals surface area contributed by atoms with Gasteiger partial charge in [-0.3, -0.25) is 0 Å². The number of carbonyl (C=O) groups excluding carboxylic acids is 1. The topological polar surface area (TPSA) is 44.8 Å². The molecule has 4 heteroatoms. The van der Waals surface area contributed by atoms with E-state index in [1.54, 1.807) is 12.1 Å². The summed E-state index contributed by atoms with van der Waals surface area (Å²) in [6.07, 6.45) is 1.14. The number of para-hydroxylation sites is 1. The Hall–Kier alpha value is -3.27. The number of ether oxygens (including phenoxy) is 3. The van der Waals surface area contributed by atoms with Crippen LogP contribution in [0.1, 0.15) is 0 Å². The van der Waals surface area contributed by atoms with Gasteiger partial charge in [0.1, 0.15) is 30.5 Å². The van der Waals surface area contributed by atoms with Crippen LogP contribution in [-0.2, 0) is 4.79 Å². The summed E-state index contributed by atoms with van der Waals surface area (Å²) < 4.78 is 16.7. The van der Waals surface area contributed by atoms with Crippen molar-refractivity contribution in [1.29, 1.82) is 0 Å². The van der Waals surface area contributed by atoms with E-state index in [9.17, 15) is 4.79 Å². The lowest BCUT2D eigenvalue weighted by Gasteiger charge is -2.12. The molecule has 3 rings (SSSR count). The second-order valence-corrected chi connectivity index (χ2v) is 5.24. The van der Waals surface area contributed by atoms with Crippen molar-refractivity contribution in [3.8, 4) is 17.2 Å². The van der Waals surface area contributed by atoms with Gasteiger partial charge in [0, 0.05) is 16.8 Å². The smallest absolute Gasteiger partial charge is 0.335 e. The second-order valence-electron chi connectivity index (χ2n) is 5.24. The molecule has 25 heavy (non-hydrogen) atoms. The van der Waals surface area contributed by atoms with Gasteiger partial charge in [0.25, 0.3) is 0 Å². The first-order chi connectivity index (χ1) is 12.3. The van der Waals surface area contributed by atoms with Crippen molar-refractivity contribution in [2.24, 2.45) is 0 Å². The molecule has 126 valence electrons. The molecule has 0 bridgehead atoms. The van der Waals surface area contributed by atoms with Gasteiger partial charge in [-0.25, -0.2) is 4.79 Å². The van der Waals surface area contributed by atoms with Gasteiger partial charge in [0.15, 0.2) is 0 Å². The van der Waals surface area contributed by atoms with E-state index >= 15 is 0 Å². The van der Waals surface area contributed by atoms with Gasteiger partial charge in [-0.15, -0.1) is 0 Å². The fourth-order valence-corrected chi connectivity index (χ4v) is 2.44. The molecule has 0 amide bonds. The SMILES string of the molecule is C=CC(=O)Oc1ccc(OCCOc2ccccc2)c2ccccc12. The Morgan fingerprint density at radius 1 is 0.800 bits per heavy atom. The first kappa shape index (κ1) is 16.6. The summed E-state index contributed by atoms with van der Waals surface area (Å²) in [5, 5.41) is 1.68. The van der Waals surface area contributed by atoms with Crippen molar-refractivity contribution in [2.45, 2.75) is 0 Å². The molecule has 0 radical (unpaired) electrons. The maximum atomic E-state index is 11.5. The van der Waals surface area contributed by atoms with Gasteiger partial charge in [-0.2, -0.15) is 0 Å². The quantitative estimate of drug-likeness (QED) is 0.278. The number of hydrogen-bond donors (Lipinski definition) is 0. The number of esters is 1. The second kappa shape index (κ2) is 8.02. The summed E-state index contributed by atoms with van der Waals surface area (Å²) in [5.41, 5.74) is 0. The summed E-state index contributed by atoms with van der Waals surface area (Å²) in [6, 6.07) is 20.7. The van der Waals surface area contributed by atoms with E-state index in [-0.39, 0.29) is 0 Å². The van der Waals surface area contributed by atoms with Crippen LogP contribution in [0.25, 0.3) is 10.8 Å². The summed E-state index contributed by atoms with van der Waals surface area (Å²) in [7, 11) is 0. The Kier molecular flexibility index (Phi) is 5.32. The van der Waals surface area contributed by atoms with Gasteiger partial charge < -0.3 is 14.2 Å². The van der Waals surface area contributed by atoms with Crippen LogP contribution in [0.3, 0.4) is 0 Å². The van der Waals surface area contributed by atoms with Crippen LogP contribution in [0.4, 0.5) is 0 Å². The molecule has 0 saturated carbocycles. The maximum absolute atomic E-state index is 11.5. The molecule has 4 nitrogen and oxygen atoms in total. The van der Waals surface area contributed by atoms with E-state index in [2.05, 4.69) is 6.58 Å². The number of fused-ring (bicyclic) bond motifs is 1. The monoisotopic (exact) mass is 334 g/mol. The average Bonchev–Trinajstić information content (AvgIpc) is 2.67. The highest BCUT2D eigenvalue weighted by Gasteiger charge is 2.09. The molecular weight excluding hydrogens is 316 g/mol. The van der Waals surface area contributed by atoms with Crippen LogP contribution in [0.15, 0.2) is 79.4 Å². The lowest BCUT2D eigenvalue weighted by atomic mass is 10.1. The molecule has 0 fully saturated rings. The molecule has 0 spiro atoms. The normalized spacial score (nSPS) is 10.2. The third kappa shape index (κ3) is 4.18. The minimum atomic E-state index is -0.491. The molecule has 0 aliphatic heterocycles. The van der Waals surface area contributed by atoms with Crippen molar-refractivity contribution in [1.82, 2.24) is 0 Å². The zero-order valence-corrected chi connectivity index (χ0v) is 13.7. The molecule has 0 heterocycles. The zero-order valence-electron chi connectivity index (χ0n) is 13.7. The first-order valence-corrected chi connectivity index (χ1v) is 7.94. The largest absolute Gasteiger partial charge is 0.490 e. The predicted molar refractivity (Wildman–Crippen MR) is 97.2 cm³/mol. The minimum absolute atomic E-state index is 0.407. The van der Waals surface area contributed by atoms with Gasteiger partial charge in [0.05, 0.1) is 0 Å². The van der Waals surface area contributed by atoms with Crippen molar-refractivity contribution in [2.75, 3.05) is 13.2 Å². The number of benzene rings is 3. The van der Waals surface area contributed by atoms with E-state index < -0.39 is 5.97 Å². The number of hydrogen-bond acceptors (Lipinski definition) is 4. The molecule has 0 aliphatic rings. The Bertz CT molecular complexity index is 871. The molecule has 0 atom stereocenters. The lowest BCUT2D eigenvalue weighted by molar-refractivity contribution is -0.128. The zero-order chi connectivity index (χ0) is 17.5. The summed E-state index contributed by atoms with van der Waals surface area (Å²) in [5.74, 6) is 1.51. The average molecular weight is 334 g/mol. The number of carbonyl (C=O) groups is 1. The molecular formula is C21H18O4. The van der Waals surface area contributed by atoms with E-state index in [1.165, 1.54) is 0 Å². The minimum Gasteiger partial charge on any atom is -0.490 e. The van der Waals surface area contributed by atoms with Crippen molar-refractivity contribution < 1.29 is 19.0 Å². The fourth-order valence-electron chi connectivity index (χ4n) is 2.44. The van der Waals surface area contributed by atoms with Crippen LogP contribution in [-0.4, -0.2) is 19.2 Å². The highest BCUT2D eigenvalue weighted by atomic mass is 16.5. The third-order valence-corrected chi connectivity index (χ3v) is 3.57. The van der Waals surface area contributed by atoms with Gasteiger partial charge in [-0.05, 0) is 24.3 Å². The Morgan fingerprint density at radius 2 is 1.40 bits per heavy atom. The Morgan fingerprint density at radius 3 is 2.12 bits per heavy atom. The molecule has 0 aromatic heterocycles. The van der Waals surface area contributed by atoms with Crippen LogP contribution in [0, 0.1) is 0 Å². The van der Waals surface area contributed by atoms with Crippen LogP contribution >= 0.6 is 0 Å². The van der Waals surface area contributed by atoms with E-state index in [4.69, 9.17) is 14.2 Å². The number of rotatable bonds is 7. The molecule has 0 aliphatic carbocycles. The molecule has 0 unspecified atom stereocenters. The van der Waals surface area contributed by atoms with Crippen LogP contribution < -0.4 is 14.2 Å². The Balaban J connectivity index is 1.70. The summed E-state index contributed by atoms with van der Waals surface area (Å²) in [6.45, 7) is 4.26. The van der Waals surface area contributed by atoms with Crippen molar-refractivity contribution >= 4 is 16.7 Å². The fraction of sp³-hybridized carbons (Fsp3) is 0.0952. The van der Waals surface area contributed by atoms with E-state index in [1.807, 2.05) is 54.6 Å². The highest BCUT2D eigenvalue weighted by molar-refractivity contribution is 5.95. The third-order valence-electron chi connectivity index (χ3n) is 3.57. The van der Waals surface area contributed by atoms with Crippen LogP contribution in [0.2, 0.25) is 0 Å². The van der Waals surface area contributed by atoms with Gasteiger partial charge in [0.2, 0.25) is 0 Å². The summed E-state index contributed by atoms with van der Waals surface area (Å²) in [4.78, 5) is 11.5. The van der Waals surface area contributed by atoms with Gasteiger partial charge >= 0.3 is 5.97 Å². The van der Waals surface area contributed by atoms with Crippen molar-refractivity contribution in [3.05, 3.63) is 79.4 Å². The van der Waals surface area contributed by atoms with Crippen LogP contribution in [0.5, 0.6) is 17.2 Å². The molecule has 0 N–H and O–H groups in total. The Labute approximate surface area is 146 Å². The van der Waals surface area contributed by atoms with E-state index in [0.29, 0.717) is 24.7 Å². The lowest BCUT2D eigenvalue weighted by Crippen LogP contribution is -2.09.